The Kier molecular flexibility index (Phi) is 16.9. The molecule has 40 heavy (non-hydrogen) atoms. The third kappa shape index (κ3) is 11.4. The summed E-state index contributed by atoms with van der Waals surface area (Å²) in [6, 6.07) is 16.8. The van der Waals surface area contributed by atoms with Gasteiger partial charge in [-0.3, -0.25) is 0 Å². The Labute approximate surface area is 258 Å². The number of benzene rings is 2. The summed E-state index contributed by atoms with van der Waals surface area (Å²) in [4.78, 5) is 0. The third-order valence-electron chi connectivity index (χ3n) is 7.53. The van der Waals surface area contributed by atoms with Crippen molar-refractivity contribution in [3.05, 3.63) is 68.6 Å². The van der Waals surface area contributed by atoms with Gasteiger partial charge in [-0.2, -0.15) is 0 Å². The largest absolute Gasteiger partial charge is 0.385 e. The zero-order chi connectivity index (χ0) is 28.4. The number of halogens is 2. The van der Waals surface area contributed by atoms with Crippen LogP contribution in [0, 0.1) is 11.8 Å². The van der Waals surface area contributed by atoms with Crippen molar-refractivity contribution in [2.24, 2.45) is 11.8 Å². The molecule has 0 spiro atoms. The molecule has 0 amide bonds. The van der Waals surface area contributed by atoms with Crippen LogP contribution in [0.3, 0.4) is 0 Å². The Morgan fingerprint density at radius 2 is 1.10 bits per heavy atom. The smallest absolute Gasteiger partial charge is 0.0876 e. The van der Waals surface area contributed by atoms with E-state index in [0.29, 0.717) is 11.8 Å². The Bertz CT molecular complexity index is 863. The number of piperidine rings is 2. The Hall–Kier alpha value is -0.840. The standard InChI is InChI=1S/2C16H24BrNO2/c2*1-19-10-5-11-20-16(13-6-4-9-18-12-13)14-7-2-3-8-15(14)17/h2*2-3,7-8,13,16,18H,4-6,9-12H2,1H3/t2*13-,16-/m11/s1. The molecule has 2 fully saturated rings. The number of hydrogen-bond donors (Lipinski definition) is 2. The molecule has 0 unspecified atom stereocenters. The lowest BCUT2D eigenvalue weighted by Crippen LogP contribution is -2.34. The summed E-state index contributed by atoms with van der Waals surface area (Å²) >= 11 is 7.32. The minimum absolute atomic E-state index is 0.162. The first-order valence-corrected chi connectivity index (χ1v) is 16.4. The second kappa shape index (κ2) is 20.1. The molecule has 2 aliphatic rings. The molecule has 8 heteroatoms. The normalized spacial score (nSPS) is 20.8. The van der Waals surface area contributed by atoms with Crippen LogP contribution in [0.15, 0.2) is 57.5 Å². The van der Waals surface area contributed by atoms with Crippen LogP contribution < -0.4 is 10.6 Å². The van der Waals surface area contributed by atoms with Gasteiger partial charge < -0.3 is 29.6 Å². The summed E-state index contributed by atoms with van der Waals surface area (Å²) in [5, 5.41) is 6.97. The molecule has 2 aromatic rings. The number of methoxy groups -OCH3 is 2. The maximum Gasteiger partial charge on any atom is 0.0876 e. The third-order valence-corrected chi connectivity index (χ3v) is 8.97. The fraction of sp³-hybridized carbons (Fsp3) is 0.625. The van der Waals surface area contributed by atoms with Crippen molar-refractivity contribution in [3.63, 3.8) is 0 Å². The highest BCUT2D eigenvalue weighted by Crippen LogP contribution is 2.36. The molecule has 224 valence electrons. The van der Waals surface area contributed by atoms with Gasteiger partial charge in [-0.15, -0.1) is 0 Å². The Morgan fingerprint density at radius 1 is 0.675 bits per heavy atom. The molecule has 2 aliphatic heterocycles. The Morgan fingerprint density at radius 3 is 1.45 bits per heavy atom. The topological polar surface area (TPSA) is 61.0 Å². The first kappa shape index (κ1) is 33.7. The van der Waals surface area contributed by atoms with Gasteiger partial charge in [-0.05, 0) is 74.9 Å². The van der Waals surface area contributed by atoms with Crippen molar-refractivity contribution in [2.75, 3.05) is 66.8 Å². The molecule has 0 aromatic heterocycles. The fourth-order valence-electron chi connectivity index (χ4n) is 5.47. The molecular weight excluding hydrogens is 636 g/mol. The van der Waals surface area contributed by atoms with Crippen LogP contribution in [0.2, 0.25) is 0 Å². The van der Waals surface area contributed by atoms with E-state index in [1.165, 1.54) is 36.8 Å². The predicted molar refractivity (Wildman–Crippen MR) is 170 cm³/mol. The molecule has 2 aromatic carbocycles. The molecule has 6 nitrogen and oxygen atoms in total. The molecule has 0 saturated carbocycles. The SMILES string of the molecule is COCCCO[C@@H](c1ccccc1Br)[C@@H]1CCCNC1.COCCCO[C@@H](c1ccccc1Br)[C@@H]1CCCNC1. The summed E-state index contributed by atoms with van der Waals surface area (Å²) in [6.07, 6.45) is 7.12. The van der Waals surface area contributed by atoms with Crippen molar-refractivity contribution in [3.8, 4) is 0 Å². The van der Waals surface area contributed by atoms with Crippen molar-refractivity contribution in [2.45, 2.75) is 50.7 Å². The highest BCUT2D eigenvalue weighted by atomic mass is 79.9. The first-order chi connectivity index (χ1) is 19.7. The highest BCUT2D eigenvalue weighted by molar-refractivity contribution is 9.10. The number of hydrogen-bond acceptors (Lipinski definition) is 6. The molecule has 2 saturated heterocycles. The minimum atomic E-state index is 0.162. The minimum Gasteiger partial charge on any atom is -0.385 e. The van der Waals surface area contributed by atoms with Crippen LogP contribution in [0.25, 0.3) is 0 Å². The summed E-state index contributed by atoms with van der Waals surface area (Å²) < 4.78 is 24.9. The van der Waals surface area contributed by atoms with E-state index in [-0.39, 0.29) is 12.2 Å². The molecular formula is C32H48Br2N2O4. The van der Waals surface area contributed by atoms with Gasteiger partial charge in [0.25, 0.3) is 0 Å². The second-order valence-electron chi connectivity index (χ2n) is 10.5. The molecule has 2 N–H and O–H groups in total. The number of rotatable bonds is 14. The number of nitrogens with one attached hydrogen (secondary N) is 2. The van der Waals surface area contributed by atoms with Crippen molar-refractivity contribution in [1.29, 1.82) is 0 Å². The average molecular weight is 685 g/mol. The van der Waals surface area contributed by atoms with Crippen molar-refractivity contribution >= 4 is 31.9 Å². The maximum absolute atomic E-state index is 6.20. The monoisotopic (exact) mass is 682 g/mol. The summed E-state index contributed by atoms with van der Waals surface area (Å²) in [7, 11) is 3.46. The lowest BCUT2D eigenvalue weighted by molar-refractivity contribution is -0.00552. The van der Waals surface area contributed by atoms with Gasteiger partial charge in [0.2, 0.25) is 0 Å². The molecule has 0 radical (unpaired) electrons. The molecule has 0 bridgehead atoms. The van der Waals surface area contributed by atoms with Crippen LogP contribution >= 0.6 is 31.9 Å². The van der Waals surface area contributed by atoms with E-state index in [9.17, 15) is 0 Å². The van der Waals surface area contributed by atoms with Gasteiger partial charge >= 0.3 is 0 Å². The van der Waals surface area contributed by atoms with Gasteiger partial charge in [-0.1, -0.05) is 68.3 Å². The predicted octanol–water partition coefficient (Wildman–Crippen LogP) is 7.09. The first-order valence-electron chi connectivity index (χ1n) is 14.8. The molecule has 4 atom stereocenters. The van der Waals surface area contributed by atoms with Crippen LogP contribution in [0.4, 0.5) is 0 Å². The van der Waals surface area contributed by atoms with Crippen molar-refractivity contribution in [1.82, 2.24) is 10.6 Å². The lowest BCUT2D eigenvalue weighted by atomic mass is 9.89. The van der Waals surface area contributed by atoms with Crippen LogP contribution in [-0.4, -0.2) is 66.8 Å². The maximum atomic E-state index is 6.20. The van der Waals surface area contributed by atoms with Gasteiger partial charge in [0.1, 0.15) is 0 Å². The van der Waals surface area contributed by atoms with Gasteiger partial charge in [0.15, 0.2) is 0 Å². The van der Waals surface area contributed by atoms with E-state index in [0.717, 1.165) is 74.4 Å². The van der Waals surface area contributed by atoms with E-state index < -0.39 is 0 Å². The van der Waals surface area contributed by atoms with E-state index >= 15 is 0 Å². The van der Waals surface area contributed by atoms with E-state index in [1.54, 1.807) is 14.2 Å². The summed E-state index contributed by atoms with van der Waals surface area (Å²) in [5.74, 6) is 1.09. The Balaban J connectivity index is 0.000000220. The highest BCUT2D eigenvalue weighted by Gasteiger charge is 2.28. The van der Waals surface area contributed by atoms with Crippen LogP contribution in [-0.2, 0) is 18.9 Å². The zero-order valence-corrected chi connectivity index (χ0v) is 27.4. The van der Waals surface area contributed by atoms with Gasteiger partial charge in [0, 0.05) is 74.5 Å². The fourth-order valence-corrected chi connectivity index (χ4v) is 6.49. The second-order valence-corrected chi connectivity index (χ2v) is 12.2. The summed E-state index contributed by atoms with van der Waals surface area (Å²) in [6.45, 7) is 7.34. The van der Waals surface area contributed by atoms with E-state index in [2.05, 4.69) is 91.0 Å². The van der Waals surface area contributed by atoms with Crippen LogP contribution in [0.1, 0.15) is 61.9 Å². The zero-order valence-electron chi connectivity index (χ0n) is 24.2. The van der Waals surface area contributed by atoms with E-state index in [1.807, 2.05) is 0 Å². The quantitative estimate of drug-likeness (QED) is 0.208. The summed E-state index contributed by atoms with van der Waals surface area (Å²) in [5.41, 5.74) is 2.53. The van der Waals surface area contributed by atoms with Crippen molar-refractivity contribution < 1.29 is 18.9 Å². The van der Waals surface area contributed by atoms with Gasteiger partial charge in [-0.25, -0.2) is 0 Å². The average Bonchev–Trinajstić information content (AvgIpc) is 3.00. The van der Waals surface area contributed by atoms with Crippen LogP contribution in [0.5, 0.6) is 0 Å². The van der Waals surface area contributed by atoms with E-state index in [4.69, 9.17) is 18.9 Å². The van der Waals surface area contributed by atoms with Gasteiger partial charge in [0.05, 0.1) is 12.2 Å². The molecule has 4 rings (SSSR count). The molecule has 0 aliphatic carbocycles. The molecule has 2 heterocycles. The number of ether oxygens (including phenoxy) is 4. The lowest BCUT2D eigenvalue weighted by Gasteiger charge is -2.31.